The van der Waals surface area contributed by atoms with Gasteiger partial charge in [-0.05, 0) is 36.4 Å². The van der Waals surface area contributed by atoms with E-state index in [9.17, 15) is 4.79 Å². The second kappa shape index (κ2) is 6.94. The zero-order chi connectivity index (χ0) is 15.3. The fourth-order valence-electron chi connectivity index (χ4n) is 2.73. The van der Waals surface area contributed by atoms with Crippen molar-refractivity contribution >= 4 is 17.4 Å². The summed E-state index contributed by atoms with van der Waals surface area (Å²) in [4.78, 5) is 13.3. The van der Waals surface area contributed by atoms with Gasteiger partial charge in [-0.15, -0.1) is 11.3 Å². The van der Waals surface area contributed by atoms with Crippen LogP contribution in [0.5, 0.6) is 5.75 Å². The topological polar surface area (TPSA) is 47.6 Å². The van der Waals surface area contributed by atoms with Crippen molar-refractivity contribution in [2.75, 3.05) is 19.8 Å². The number of carbonyl (C=O) groups is 1. The van der Waals surface area contributed by atoms with Gasteiger partial charge in [-0.3, -0.25) is 0 Å². The first-order valence-electron chi connectivity index (χ1n) is 7.41. The summed E-state index contributed by atoms with van der Waals surface area (Å²) in [6.45, 7) is 2.03. The third-order valence-electron chi connectivity index (χ3n) is 4.02. The molecule has 3 rings (SSSR count). The number of hydrogen-bond donors (Lipinski definition) is 1. The van der Waals surface area contributed by atoms with E-state index in [1.807, 2.05) is 18.2 Å². The van der Waals surface area contributed by atoms with Crippen molar-refractivity contribution in [3.8, 4) is 5.75 Å². The molecule has 1 amide bonds. The molecule has 0 unspecified atom stereocenters. The van der Waals surface area contributed by atoms with Gasteiger partial charge in [-0.25, -0.2) is 4.79 Å². The maximum atomic E-state index is 12.0. The van der Waals surface area contributed by atoms with E-state index in [0.717, 1.165) is 26.1 Å². The predicted molar refractivity (Wildman–Crippen MR) is 86.5 cm³/mol. The highest BCUT2D eigenvalue weighted by molar-refractivity contribution is 7.10. The molecule has 0 aliphatic carbocycles. The van der Waals surface area contributed by atoms with Gasteiger partial charge >= 0.3 is 6.09 Å². The summed E-state index contributed by atoms with van der Waals surface area (Å²) in [5.41, 5.74) is -0.0396. The Labute approximate surface area is 134 Å². The average molecular weight is 317 g/mol. The second-order valence-electron chi connectivity index (χ2n) is 5.43. The van der Waals surface area contributed by atoms with Crippen molar-refractivity contribution in [1.82, 2.24) is 5.32 Å². The predicted octanol–water partition coefficient (Wildman–Crippen LogP) is 3.58. The molecule has 1 aromatic carbocycles. The number of thiophene rings is 1. The third kappa shape index (κ3) is 3.48. The van der Waals surface area contributed by atoms with Crippen molar-refractivity contribution in [3.63, 3.8) is 0 Å². The summed E-state index contributed by atoms with van der Waals surface area (Å²) < 4.78 is 10.8. The lowest BCUT2D eigenvalue weighted by Gasteiger charge is -2.36. The van der Waals surface area contributed by atoms with E-state index in [2.05, 4.69) is 22.8 Å². The highest BCUT2D eigenvalue weighted by Gasteiger charge is 2.35. The smallest absolute Gasteiger partial charge is 0.410 e. The highest BCUT2D eigenvalue weighted by Crippen LogP contribution is 2.36. The molecule has 1 aliphatic heterocycles. The minimum atomic E-state index is -0.409. The van der Waals surface area contributed by atoms with Crippen LogP contribution in [0, 0.1) is 0 Å². The zero-order valence-electron chi connectivity index (χ0n) is 12.3. The molecule has 1 aromatic heterocycles. The minimum absolute atomic E-state index is 0.0396. The van der Waals surface area contributed by atoms with Crippen molar-refractivity contribution < 1.29 is 14.3 Å². The monoisotopic (exact) mass is 317 g/mol. The molecule has 5 heteroatoms. The van der Waals surface area contributed by atoms with E-state index in [1.165, 1.54) is 4.88 Å². The summed E-state index contributed by atoms with van der Waals surface area (Å²) in [6, 6.07) is 13.3. The standard InChI is InChI=1S/C17H19NO3S/c19-16(21-14-5-2-1-3-6-14)18-13-17(8-10-20-11-9-17)15-7-4-12-22-15/h1-7,12H,8-11,13H2,(H,18,19). The number of ether oxygens (including phenoxy) is 2. The Balaban J connectivity index is 1.63. The normalized spacial score (nSPS) is 16.9. The molecule has 22 heavy (non-hydrogen) atoms. The Kier molecular flexibility index (Phi) is 4.75. The molecule has 0 saturated carbocycles. The van der Waals surface area contributed by atoms with Gasteiger partial charge in [0.15, 0.2) is 0 Å². The molecule has 1 aliphatic rings. The lowest BCUT2D eigenvalue weighted by Crippen LogP contribution is -2.44. The Hall–Kier alpha value is -1.85. The maximum absolute atomic E-state index is 12.0. The van der Waals surface area contributed by atoms with Gasteiger partial charge in [0.2, 0.25) is 0 Å². The van der Waals surface area contributed by atoms with E-state index in [-0.39, 0.29) is 5.41 Å². The summed E-state index contributed by atoms with van der Waals surface area (Å²) in [5, 5.41) is 5.00. The minimum Gasteiger partial charge on any atom is -0.410 e. The summed E-state index contributed by atoms with van der Waals surface area (Å²) >= 11 is 1.74. The van der Waals surface area contributed by atoms with E-state index < -0.39 is 6.09 Å². The molecule has 4 nitrogen and oxygen atoms in total. The van der Waals surface area contributed by atoms with Gasteiger partial charge < -0.3 is 14.8 Å². The van der Waals surface area contributed by atoms with Crippen molar-refractivity contribution in [2.24, 2.45) is 0 Å². The van der Waals surface area contributed by atoms with Crippen LogP contribution in [0.3, 0.4) is 0 Å². The first kappa shape index (κ1) is 15.1. The lowest BCUT2D eigenvalue weighted by molar-refractivity contribution is 0.0512. The van der Waals surface area contributed by atoms with Crippen LogP contribution in [0.1, 0.15) is 17.7 Å². The van der Waals surface area contributed by atoms with Crippen LogP contribution in [-0.2, 0) is 10.2 Å². The molecule has 2 heterocycles. The Morgan fingerprint density at radius 2 is 1.95 bits per heavy atom. The third-order valence-corrected chi connectivity index (χ3v) is 5.13. The summed E-state index contributed by atoms with van der Waals surface area (Å²) in [5.74, 6) is 0.553. The second-order valence-corrected chi connectivity index (χ2v) is 6.37. The van der Waals surface area contributed by atoms with Crippen molar-refractivity contribution in [1.29, 1.82) is 0 Å². The van der Waals surface area contributed by atoms with Crippen LogP contribution >= 0.6 is 11.3 Å². The molecule has 0 bridgehead atoms. The van der Waals surface area contributed by atoms with Gasteiger partial charge in [0, 0.05) is 30.1 Å². The molecule has 2 aromatic rings. The molecule has 1 N–H and O–H groups in total. The lowest BCUT2D eigenvalue weighted by atomic mass is 9.79. The van der Waals surface area contributed by atoms with Gasteiger partial charge in [-0.1, -0.05) is 24.3 Å². The summed E-state index contributed by atoms with van der Waals surface area (Å²) in [6.07, 6.45) is 1.42. The van der Waals surface area contributed by atoms with Gasteiger partial charge in [-0.2, -0.15) is 0 Å². The van der Waals surface area contributed by atoms with Crippen molar-refractivity contribution in [3.05, 3.63) is 52.7 Å². The molecule has 0 spiro atoms. The van der Waals surface area contributed by atoms with Crippen LogP contribution < -0.4 is 10.1 Å². The molecular weight excluding hydrogens is 298 g/mol. The number of para-hydroxylation sites is 1. The Morgan fingerprint density at radius 1 is 1.18 bits per heavy atom. The number of nitrogens with one attached hydrogen (secondary N) is 1. The van der Waals surface area contributed by atoms with E-state index >= 15 is 0 Å². The molecule has 1 saturated heterocycles. The van der Waals surface area contributed by atoms with Crippen molar-refractivity contribution in [2.45, 2.75) is 18.3 Å². The van der Waals surface area contributed by atoms with Gasteiger partial charge in [0.05, 0.1) is 0 Å². The fraction of sp³-hybridized carbons (Fsp3) is 0.353. The Morgan fingerprint density at radius 3 is 2.64 bits per heavy atom. The SMILES string of the molecule is O=C(NCC1(c2cccs2)CCOCC1)Oc1ccccc1. The first-order valence-corrected chi connectivity index (χ1v) is 8.29. The maximum Gasteiger partial charge on any atom is 0.412 e. The Bertz CT molecular complexity index is 592. The number of carbonyl (C=O) groups excluding carboxylic acids is 1. The van der Waals surface area contributed by atoms with Crippen LogP contribution in [0.2, 0.25) is 0 Å². The number of rotatable bonds is 4. The largest absolute Gasteiger partial charge is 0.412 e. The molecular formula is C17H19NO3S. The van der Waals surface area contributed by atoms with Crippen LogP contribution in [-0.4, -0.2) is 25.9 Å². The number of benzene rings is 1. The number of amides is 1. The quantitative estimate of drug-likeness (QED) is 0.937. The molecule has 1 fully saturated rings. The van der Waals surface area contributed by atoms with Gasteiger partial charge in [0.25, 0.3) is 0 Å². The van der Waals surface area contributed by atoms with Crippen LogP contribution in [0.25, 0.3) is 0 Å². The number of hydrogen-bond acceptors (Lipinski definition) is 4. The zero-order valence-corrected chi connectivity index (χ0v) is 13.1. The van der Waals surface area contributed by atoms with E-state index in [0.29, 0.717) is 12.3 Å². The van der Waals surface area contributed by atoms with Crippen LogP contribution in [0.4, 0.5) is 4.79 Å². The molecule has 0 atom stereocenters. The van der Waals surface area contributed by atoms with E-state index in [4.69, 9.17) is 9.47 Å². The molecule has 0 radical (unpaired) electrons. The van der Waals surface area contributed by atoms with E-state index in [1.54, 1.807) is 23.5 Å². The van der Waals surface area contributed by atoms with Gasteiger partial charge in [0.1, 0.15) is 5.75 Å². The summed E-state index contributed by atoms with van der Waals surface area (Å²) in [7, 11) is 0. The average Bonchev–Trinajstić information content (AvgIpc) is 3.10. The molecule has 116 valence electrons. The van der Waals surface area contributed by atoms with Crippen LogP contribution in [0.15, 0.2) is 47.8 Å². The fourth-order valence-corrected chi connectivity index (χ4v) is 3.71. The first-order chi connectivity index (χ1) is 10.8. The highest BCUT2D eigenvalue weighted by atomic mass is 32.1.